The van der Waals surface area contributed by atoms with Crippen molar-refractivity contribution in [3.05, 3.63) is 0 Å². The number of hydrogen-bond donors (Lipinski definition) is 0. The first kappa shape index (κ1) is 10.3. The minimum Gasteiger partial charge on any atom is -0.303 e. The summed E-state index contributed by atoms with van der Waals surface area (Å²) >= 11 is 0. The Labute approximate surface area is 80.9 Å². The van der Waals surface area contributed by atoms with Crippen LogP contribution in [0.5, 0.6) is 0 Å². The molecule has 0 heterocycles. The van der Waals surface area contributed by atoms with Gasteiger partial charge in [-0.2, -0.15) is 0 Å². The first-order valence-corrected chi connectivity index (χ1v) is 5.16. The fraction of sp³-hybridized carbons (Fsp3) is 0.750. The van der Waals surface area contributed by atoms with Gasteiger partial charge in [0.25, 0.3) is 0 Å². The monoisotopic (exact) mass is 178 g/mol. The minimum atomic E-state index is 0.242. The molecule has 72 valence electrons. The summed E-state index contributed by atoms with van der Waals surface area (Å²) in [4.78, 5) is 10.6. The molecule has 0 saturated heterocycles. The summed E-state index contributed by atoms with van der Waals surface area (Å²) in [6.07, 6.45) is 12.1. The first-order valence-electron chi connectivity index (χ1n) is 5.16. The second kappa shape index (κ2) is 5.07. The molecule has 1 nitrogen and oxygen atoms in total. The molecule has 13 heavy (non-hydrogen) atoms. The van der Waals surface area contributed by atoms with Crippen molar-refractivity contribution in [3.8, 4) is 12.3 Å². The standard InChI is InChI=1S/C12H18O/c1-3-4-11-5-7-12(8-6-11)10(2)9-13/h1,9-12H,4-8H2,2H3. The van der Waals surface area contributed by atoms with Gasteiger partial charge in [-0.3, -0.25) is 0 Å². The maximum absolute atomic E-state index is 10.6. The molecule has 1 saturated carbocycles. The van der Waals surface area contributed by atoms with Crippen LogP contribution in [0.25, 0.3) is 0 Å². The number of aldehydes is 1. The maximum Gasteiger partial charge on any atom is 0.123 e. The number of carbonyl (C=O) groups excluding carboxylic acids is 1. The van der Waals surface area contributed by atoms with Crippen LogP contribution in [0, 0.1) is 30.1 Å². The van der Waals surface area contributed by atoms with Crippen molar-refractivity contribution in [2.45, 2.75) is 39.0 Å². The Bertz CT molecular complexity index is 194. The fourth-order valence-electron chi connectivity index (χ4n) is 2.20. The molecule has 1 fully saturated rings. The molecule has 0 aromatic carbocycles. The van der Waals surface area contributed by atoms with E-state index in [0.29, 0.717) is 5.92 Å². The molecule has 1 aliphatic rings. The molecule has 0 N–H and O–H groups in total. The lowest BCUT2D eigenvalue weighted by atomic mass is 9.76. The molecule has 1 unspecified atom stereocenters. The molecule has 0 spiro atoms. The van der Waals surface area contributed by atoms with Crippen LogP contribution in [-0.2, 0) is 4.79 Å². The van der Waals surface area contributed by atoms with Crippen molar-refractivity contribution in [1.82, 2.24) is 0 Å². The van der Waals surface area contributed by atoms with Crippen molar-refractivity contribution in [3.63, 3.8) is 0 Å². The number of terminal acetylenes is 1. The molecule has 0 amide bonds. The maximum atomic E-state index is 10.6. The SMILES string of the molecule is C#CCC1CCC(C(C)C=O)CC1. The van der Waals surface area contributed by atoms with Gasteiger partial charge in [0.2, 0.25) is 0 Å². The van der Waals surface area contributed by atoms with Crippen LogP contribution in [0.15, 0.2) is 0 Å². The molecule has 1 rings (SSSR count). The normalized spacial score (nSPS) is 30.5. The van der Waals surface area contributed by atoms with Crippen LogP contribution >= 0.6 is 0 Å². The Kier molecular flexibility index (Phi) is 4.02. The summed E-state index contributed by atoms with van der Waals surface area (Å²) in [5.74, 6) is 4.31. The highest BCUT2D eigenvalue weighted by atomic mass is 16.1. The summed E-state index contributed by atoms with van der Waals surface area (Å²) in [6.45, 7) is 2.03. The Morgan fingerprint density at radius 2 is 2.08 bits per heavy atom. The van der Waals surface area contributed by atoms with Gasteiger partial charge in [0.15, 0.2) is 0 Å². The molecule has 0 aliphatic heterocycles. The Hall–Kier alpha value is -0.770. The molecular weight excluding hydrogens is 160 g/mol. The van der Waals surface area contributed by atoms with Crippen LogP contribution in [0.2, 0.25) is 0 Å². The largest absolute Gasteiger partial charge is 0.303 e. The van der Waals surface area contributed by atoms with E-state index in [4.69, 9.17) is 6.42 Å². The molecular formula is C12H18O. The lowest BCUT2D eigenvalue weighted by Gasteiger charge is -2.29. The third kappa shape index (κ3) is 2.88. The van der Waals surface area contributed by atoms with E-state index in [9.17, 15) is 4.79 Å². The van der Waals surface area contributed by atoms with Gasteiger partial charge in [-0.25, -0.2) is 0 Å². The minimum absolute atomic E-state index is 0.242. The van der Waals surface area contributed by atoms with Crippen molar-refractivity contribution in [2.24, 2.45) is 17.8 Å². The van der Waals surface area contributed by atoms with E-state index in [1.807, 2.05) is 6.92 Å². The number of hydrogen-bond acceptors (Lipinski definition) is 1. The Balaban J connectivity index is 2.31. The van der Waals surface area contributed by atoms with Crippen LogP contribution < -0.4 is 0 Å². The van der Waals surface area contributed by atoms with E-state index in [2.05, 4.69) is 5.92 Å². The molecule has 1 aliphatic carbocycles. The number of carbonyl (C=O) groups is 1. The smallest absolute Gasteiger partial charge is 0.123 e. The zero-order valence-corrected chi connectivity index (χ0v) is 8.33. The topological polar surface area (TPSA) is 17.1 Å². The summed E-state index contributed by atoms with van der Waals surface area (Å²) in [6, 6.07) is 0. The van der Waals surface area contributed by atoms with Crippen molar-refractivity contribution in [1.29, 1.82) is 0 Å². The summed E-state index contributed by atoms with van der Waals surface area (Å²) in [5.41, 5.74) is 0. The average Bonchev–Trinajstić information content (AvgIpc) is 2.18. The second-order valence-electron chi connectivity index (χ2n) is 4.18. The van der Waals surface area contributed by atoms with Gasteiger partial charge in [-0.05, 0) is 37.5 Å². The van der Waals surface area contributed by atoms with E-state index in [1.165, 1.54) is 25.7 Å². The number of rotatable bonds is 3. The van der Waals surface area contributed by atoms with Gasteiger partial charge in [-0.1, -0.05) is 6.92 Å². The molecule has 1 heteroatoms. The van der Waals surface area contributed by atoms with E-state index >= 15 is 0 Å². The van der Waals surface area contributed by atoms with Crippen LogP contribution in [-0.4, -0.2) is 6.29 Å². The highest BCUT2D eigenvalue weighted by molar-refractivity contribution is 5.53. The Morgan fingerprint density at radius 3 is 2.54 bits per heavy atom. The zero-order valence-electron chi connectivity index (χ0n) is 8.33. The third-order valence-corrected chi connectivity index (χ3v) is 3.26. The van der Waals surface area contributed by atoms with E-state index in [0.717, 1.165) is 18.6 Å². The van der Waals surface area contributed by atoms with Crippen LogP contribution in [0.4, 0.5) is 0 Å². The van der Waals surface area contributed by atoms with Crippen molar-refractivity contribution in [2.75, 3.05) is 0 Å². The summed E-state index contributed by atoms with van der Waals surface area (Å²) in [7, 11) is 0. The lowest BCUT2D eigenvalue weighted by molar-refractivity contribution is -0.112. The van der Waals surface area contributed by atoms with Crippen LogP contribution in [0.3, 0.4) is 0 Å². The predicted octanol–water partition coefficient (Wildman–Crippen LogP) is 2.65. The molecule has 0 radical (unpaired) electrons. The van der Waals surface area contributed by atoms with Gasteiger partial charge in [0.05, 0.1) is 0 Å². The first-order chi connectivity index (χ1) is 6.27. The van der Waals surface area contributed by atoms with Crippen molar-refractivity contribution >= 4 is 6.29 Å². The molecule has 1 atom stereocenters. The van der Waals surface area contributed by atoms with E-state index in [1.54, 1.807) is 0 Å². The predicted molar refractivity (Wildman–Crippen MR) is 54.1 cm³/mol. The van der Waals surface area contributed by atoms with Gasteiger partial charge in [0, 0.05) is 12.3 Å². The highest BCUT2D eigenvalue weighted by Gasteiger charge is 2.24. The van der Waals surface area contributed by atoms with Crippen molar-refractivity contribution < 1.29 is 4.79 Å². The summed E-state index contributed by atoms with van der Waals surface area (Å²) in [5, 5.41) is 0. The van der Waals surface area contributed by atoms with E-state index < -0.39 is 0 Å². The quantitative estimate of drug-likeness (QED) is 0.479. The van der Waals surface area contributed by atoms with Gasteiger partial charge >= 0.3 is 0 Å². The fourth-order valence-corrected chi connectivity index (χ4v) is 2.20. The van der Waals surface area contributed by atoms with Crippen LogP contribution in [0.1, 0.15) is 39.0 Å². The summed E-state index contributed by atoms with van der Waals surface area (Å²) < 4.78 is 0. The van der Waals surface area contributed by atoms with Gasteiger partial charge in [0.1, 0.15) is 6.29 Å². The molecule has 0 aromatic rings. The zero-order chi connectivity index (χ0) is 9.68. The lowest BCUT2D eigenvalue weighted by Crippen LogP contribution is -2.20. The van der Waals surface area contributed by atoms with Gasteiger partial charge in [-0.15, -0.1) is 12.3 Å². The average molecular weight is 178 g/mol. The molecule has 0 bridgehead atoms. The third-order valence-electron chi connectivity index (χ3n) is 3.26. The van der Waals surface area contributed by atoms with Gasteiger partial charge < -0.3 is 4.79 Å². The highest BCUT2D eigenvalue weighted by Crippen LogP contribution is 2.33. The van der Waals surface area contributed by atoms with E-state index in [-0.39, 0.29) is 5.92 Å². The Morgan fingerprint density at radius 1 is 1.46 bits per heavy atom. The molecule has 0 aromatic heterocycles. The second-order valence-corrected chi connectivity index (χ2v) is 4.18.